The molecule has 4 N–H and O–H groups in total. The number of Topliss-reactive ketones (excluding diaryl/α,β-unsaturated/α-hetero) is 1. The zero-order valence-corrected chi connectivity index (χ0v) is 36.1. The molecule has 3 unspecified atom stereocenters. The van der Waals surface area contributed by atoms with Gasteiger partial charge < -0.3 is 44.7 Å². The molecular weight excluding hydrogens is 747 g/mol. The molecule has 0 radical (unpaired) electrons. The lowest BCUT2D eigenvalue weighted by Crippen LogP contribution is -2.59. The molecule has 1 amide bonds. The number of cyclic esters (lactones) is 1. The Bertz CT molecular complexity index is 1710. The average Bonchev–Trinajstić information content (AvgIpc) is 3.75. The quantitative estimate of drug-likeness (QED) is 0.128. The molecule has 1 aromatic heterocycles. The first-order valence-corrected chi connectivity index (χ1v) is 20.8. The Morgan fingerprint density at radius 2 is 1.81 bits per heavy atom. The number of ketones is 1. The number of unbranched alkanes of at least 4 members (excludes halogenated alkanes) is 1. The number of benzene rings is 1. The third-order valence-electron chi connectivity index (χ3n) is 12.5. The fraction of sp³-hybridized carbons (Fsp3) is 0.738. The second-order valence-corrected chi connectivity index (χ2v) is 17.3. The van der Waals surface area contributed by atoms with Gasteiger partial charge in [-0.1, -0.05) is 38.1 Å². The third-order valence-corrected chi connectivity index (χ3v) is 12.5. The molecule has 2 aromatic rings. The molecule has 3 aliphatic heterocycles. The number of amides is 1. The van der Waals surface area contributed by atoms with Crippen LogP contribution in [0.4, 0.5) is 10.5 Å². The van der Waals surface area contributed by atoms with Gasteiger partial charge in [0, 0.05) is 50.0 Å². The van der Waals surface area contributed by atoms with Crippen molar-refractivity contribution in [2.45, 2.75) is 141 Å². The molecule has 1 aromatic carbocycles. The zero-order chi connectivity index (χ0) is 42.5. The molecule has 0 saturated carbocycles. The van der Waals surface area contributed by atoms with Gasteiger partial charge in [0.1, 0.15) is 23.8 Å². The fourth-order valence-corrected chi connectivity index (χ4v) is 9.03. The van der Waals surface area contributed by atoms with E-state index in [9.17, 15) is 19.5 Å². The number of anilines is 1. The van der Waals surface area contributed by atoms with Crippen LogP contribution in [0.3, 0.4) is 0 Å². The minimum atomic E-state index is -1.20. The summed E-state index contributed by atoms with van der Waals surface area (Å²) in [5.74, 6) is -3.13. The molecule has 0 spiro atoms. The van der Waals surface area contributed by atoms with E-state index in [-0.39, 0.29) is 18.1 Å². The lowest BCUT2D eigenvalue weighted by atomic mass is 9.78. The molecule has 4 heterocycles. The van der Waals surface area contributed by atoms with E-state index in [1.165, 1.54) is 6.92 Å². The van der Waals surface area contributed by atoms with Crippen molar-refractivity contribution in [3.8, 4) is 11.3 Å². The average molecular weight is 814 g/mol. The van der Waals surface area contributed by atoms with Crippen molar-refractivity contribution in [1.29, 1.82) is 0 Å². The number of aromatic nitrogens is 3. The predicted molar refractivity (Wildman–Crippen MR) is 217 cm³/mol. The van der Waals surface area contributed by atoms with Crippen LogP contribution in [-0.2, 0) is 39.8 Å². The van der Waals surface area contributed by atoms with Crippen LogP contribution in [0.15, 0.2) is 30.5 Å². The van der Waals surface area contributed by atoms with E-state index in [1.807, 2.05) is 77.2 Å². The van der Waals surface area contributed by atoms with Crippen LogP contribution in [0.1, 0.15) is 80.6 Å². The first-order valence-electron chi connectivity index (χ1n) is 20.8. The van der Waals surface area contributed by atoms with Crippen LogP contribution >= 0.6 is 0 Å². The van der Waals surface area contributed by atoms with Gasteiger partial charge in [0.25, 0.3) is 0 Å². The van der Waals surface area contributed by atoms with E-state index in [0.29, 0.717) is 57.5 Å². The SMILES string of the molecule is CC[C@H]1OC(=O)[C@H](C)C(=O)[C@H](C)[C@@H](O[C@@H]2OC(C)CC(N(C)C)C2O)[C@](C)(OC)C[C@@H](C)CNC[C@H]2N(CCCCn3cc(-c4cccc(N)c4)nn3)C(=O)O[C@]12C. The van der Waals surface area contributed by atoms with E-state index in [1.54, 1.807) is 23.6 Å². The summed E-state index contributed by atoms with van der Waals surface area (Å²) in [5.41, 5.74) is 5.98. The third kappa shape index (κ3) is 10.0. The number of nitrogen functional groups attached to an aromatic ring is 1. The summed E-state index contributed by atoms with van der Waals surface area (Å²) in [4.78, 5) is 45.6. The molecule has 3 fully saturated rings. The smallest absolute Gasteiger partial charge is 0.410 e. The maximum Gasteiger partial charge on any atom is 0.410 e. The molecule has 0 aliphatic carbocycles. The highest BCUT2D eigenvalue weighted by atomic mass is 16.7. The number of ether oxygens (including phenoxy) is 5. The van der Waals surface area contributed by atoms with Crippen molar-refractivity contribution in [2.24, 2.45) is 17.8 Å². The molecule has 12 atom stereocenters. The van der Waals surface area contributed by atoms with Crippen LogP contribution in [0.2, 0.25) is 0 Å². The van der Waals surface area contributed by atoms with Crippen molar-refractivity contribution in [3.05, 3.63) is 30.5 Å². The van der Waals surface area contributed by atoms with Gasteiger partial charge in [0.05, 0.1) is 30.0 Å². The lowest BCUT2D eigenvalue weighted by molar-refractivity contribution is -0.295. The maximum atomic E-state index is 14.3. The van der Waals surface area contributed by atoms with Crippen molar-refractivity contribution in [1.82, 2.24) is 30.1 Å². The van der Waals surface area contributed by atoms with Crippen LogP contribution < -0.4 is 11.1 Å². The Morgan fingerprint density at radius 3 is 2.48 bits per heavy atom. The summed E-state index contributed by atoms with van der Waals surface area (Å²) in [5, 5.41) is 23.6. The van der Waals surface area contributed by atoms with E-state index in [2.05, 4.69) is 22.6 Å². The number of hydrogen-bond donors (Lipinski definition) is 3. The van der Waals surface area contributed by atoms with E-state index in [4.69, 9.17) is 29.4 Å². The summed E-state index contributed by atoms with van der Waals surface area (Å²) < 4.78 is 33.1. The molecule has 324 valence electrons. The Kier molecular flexibility index (Phi) is 15.0. The summed E-state index contributed by atoms with van der Waals surface area (Å²) >= 11 is 0. The van der Waals surface area contributed by atoms with Gasteiger partial charge in [0.2, 0.25) is 0 Å². The number of aliphatic hydroxyl groups is 1. The van der Waals surface area contributed by atoms with Crippen molar-refractivity contribution < 1.29 is 43.2 Å². The second kappa shape index (κ2) is 19.1. The number of esters is 1. The highest BCUT2D eigenvalue weighted by molar-refractivity contribution is 6.00. The maximum absolute atomic E-state index is 14.3. The molecule has 16 heteroatoms. The van der Waals surface area contributed by atoms with Gasteiger partial charge in [-0.25, -0.2) is 4.79 Å². The van der Waals surface area contributed by atoms with E-state index >= 15 is 0 Å². The summed E-state index contributed by atoms with van der Waals surface area (Å²) in [6.45, 7) is 14.8. The number of rotatable bonds is 11. The first-order chi connectivity index (χ1) is 27.4. The van der Waals surface area contributed by atoms with E-state index < -0.39 is 71.5 Å². The van der Waals surface area contributed by atoms with Crippen LogP contribution in [-0.4, -0.2) is 143 Å². The summed E-state index contributed by atoms with van der Waals surface area (Å²) in [7, 11) is 5.39. The topological polar surface area (TPSA) is 193 Å². The number of nitrogens with one attached hydrogen (secondary N) is 1. The highest BCUT2D eigenvalue weighted by Gasteiger charge is 2.57. The van der Waals surface area contributed by atoms with Gasteiger partial charge >= 0.3 is 12.1 Å². The number of nitrogens with two attached hydrogens (primary N) is 1. The van der Waals surface area contributed by atoms with Crippen molar-refractivity contribution in [2.75, 3.05) is 46.6 Å². The second-order valence-electron chi connectivity index (χ2n) is 17.3. The van der Waals surface area contributed by atoms with Crippen molar-refractivity contribution >= 4 is 23.5 Å². The van der Waals surface area contributed by atoms with Crippen LogP contribution in [0, 0.1) is 17.8 Å². The number of carbonyl (C=O) groups excluding carboxylic acids is 3. The fourth-order valence-electron chi connectivity index (χ4n) is 9.03. The van der Waals surface area contributed by atoms with Gasteiger partial charge in [-0.15, -0.1) is 5.10 Å². The molecule has 0 bridgehead atoms. The molecule has 5 rings (SSSR count). The zero-order valence-electron chi connectivity index (χ0n) is 36.1. The van der Waals surface area contributed by atoms with Crippen LogP contribution in [0.25, 0.3) is 11.3 Å². The number of aliphatic hydroxyl groups excluding tert-OH is 1. The minimum absolute atomic E-state index is 0.00373. The molecule has 3 aliphatic rings. The largest absolute Gasteiger partial charge is 0.458 e. The Balaban J connectivity index is 1.35. The standard InChI is InChI=1S/C42H67N7O9/c1-11-34-42(7)33(49(40(53)58-42)18-13-12-17-48-24-31(45-46-48)29-15-14-16-30(43)20-29)23-44-22-25(2)21-41(6,54-10)37(27(4)35(50)28(5)38(52)56-34)57-39-36(51)32(47(8)9)19-26(3)55-39/h14-16,20,24-28,32-34,36-37,39,44,51H,11-13,17-19,21-23,43H2,1-10H3/t25-,26?,27+,28-,32?,33-,34-,36?,37-,39+,41-,42+/m1/s1. The highest BCUT2D eigenvalue weighted by Crippen LogP contribution is 2.39. The van der Waals surface area contributed by atoms with Gasteiger partial charge in [-0.2, -0.15) is 0 Å². The Hall–Kier alpha value is -3.67. The van der Waals surface area contributed by atoms with Crippen molar-refractivity contribution in [3.63, 3.8) is 0 Å². The van der Waals surface area contributed by atoms with Gasteiger partial charge in [-0.05, 0) is 98.5 Å². The van der Waals surface area contributed by atoms with Gasteiger partial charge in [0.15, 0.2) is 17.7 Å². The number of likely N-dealkylation sites (N-methyl/N-ethyl adjacent to an activating group) is 1. The first kappa shape index (κ1) is 45.4. The van der Waals surface area contributed by atoms with Gasteiger partial charge in [-0.3, -0.25) is 19.2 Å². The molecule has 16 nitrogen and oxygen atoms in total. The normalized spacial score (nSPS) is 35.6. The predicted octanol–water partition coefficient (Wildman–Crippen LogP) is 3.90. The lowest BCUT2D eigenvalue weighted by Gasteiger charge is -2.46. The molecule has 3 saturated heterocycles. The number of methoxy groups -OCH3 is 1. The number of carbonyl (C=O) groups is 3. The minimum Gasteiger partial charge on any atom is -0.458 e. The number of aryl methyl sites for hydroxylation is 1. The number of nitrogens with zero attached hydrogens (tertiary/aromatic N) is 5. The summed E-state index contributed by atoms with van der Waals surface area (Å²) in [6.07, 6.45) is 0.259. The number of fused-ring (bicyclic) bond motifs is 1. The number of hydrogen-bond acceptors (Lipinski definition) is 14. The monoisotopic (exact) mass is 814 g/mol. The summed E-state index contributed by atoms with van der Waals surface area (Å²) in [6, 6.07) is 6.78. The Morgan fingerprint density at radius 1 is 1.09 bits per heavy atom. The van der Waals surface area contributed by atoms with E-state index in [0.717, 1.165) is 17.7 Å². The molecular formula is C42H67N7O9. The molecule has 58 heavy (non-hydrogen) atoms. The van der Waals surface area contributed by atoms with Crippen LogP contribution in [0.5, 0.6) is 0 Å². The Labute approximate surface area is 343 Å².